The maximum Gasteiger partial charge on any atom is 0.256 e. The van der Waals surface area contributed by atoms with E-state index in [1.807, 2.05) is 0 Å². The van der Waals surface area contributed by atoms with E-state index >= 15 is 0 Å². The molecule has 0 aromatic rings. The minimum absolute atomic E-state index is 0.00579. The third kappa shape index (κ3) is 3.51. The molecule has 9 heavy (non-hydrogen) atoms. The second-order valence-electron chi connectivity index (χ2n) is 1.45. The van der Waals surface area contributed by atoms with Gasteiger partial charge in [-0.25, -0.2) is 8.42 Å². The van der Waals surface area contributed by atoms with Crippen LogP contribution in [0.25, 0.3) is 0 Å². The molecule has 0 spiro atoms. The summed E-state index contributed by atoms with van der Waals surface area (Å²) in [6, 6.07) is 0. The highest BCUT2D eigenvalue weighted by Crippen LogP contribution is 2.11. The Morgan fingerprint density at radius 3 is 2.22 bits per heavy atom. The molecule has 54 valence electrons. The molecule has 0 saturated carbocycles. The van der Waals surface area contributed by atoms with Gasteiger partial charge in [-0.2, -0.15) is 0 Å². The number of aliphatic hydroxyl groups is 1. The zero-order valence-corrected chi connectivity index (χ0v) is 6.24. The Kier molecular flexibility index (Phi) is 3.17. The van der Waals surface area contributed by atoms with Gasteiger partial charge >= 0.3 is 0 Å². The number of hydrogen-bond donors (Lipinski definition) is 1. The maximum atomic E-state index is 10.3. The number of hydrogen-bond acceptors (Lipinski definition) is 3. The van der Waals surface area contributed by atoms with Crippen molar-refractivity contribution < 1.29 is 13.5 Å². The molecule has 0 atom stereocenters. The van der Waals surface area contributed by atoms with Gasteiger partial charge in [0, 0.05) is 23.7 Å². The lowest BCUT2D eigenvalue weighted by atomic mass is 10.5. The van der Waals surface area contributed by atoms with Crippen LogP contribution in [0, 0.1) is 0 Å². The number of aliphatic hydroxyl groups excluding tert-OH is 1. The van der Waals surface area contributed by atoms with E-state index in [1.54, 1.807) is 0 Å². The fourth-order valence-corrected chi connectivity index (χ4v) is 0.813. The summed E-state index contributed by atoms with van der Waals surface area (Å²) in [5.41, 5.74) is 0. The summed E-state index contributed by atoms with van der Waals surface area (Å²) < 4.78 is 20.6. The largest absolute Gasteiger partial charge is 0.396 e. The summed E-state index contributed by atoms with van der Waals surface area (Å²) in [5.74, 6) is 0. The van der Waals surface area contributed by atoms with Gasteiger partial charge in [0.1, 0.15) is 0 Å². The Labute approximate surface area is 58.4 Å². The van der Waals surface area contributed by atoms with Crippen LogP contribution >= 0.6 is 10.7 Å². The summed E-state index contributed by atoms with van der Waals surface area (Å²) in [6.45, 7) is 2.89. The average molecular weight is 171 g/mol. The molecule has 0 aromatic carbocycles. The van der Waals surface area contributed by atoms with Crippen molar-refractivity contribution in [3.8, 4) is 0 Å². The highest BCUT2D eigenvalue weighted by atomic mass is 35.7. The summed E-state index contributed by atoms with van der Waals surface area (Å²) in [7, 11) is 1.18. The molecule has 0 fully saturated rings. The van der Waals surface area contributed by atoms with Gasteiger partial charge in [-0.1, -0.05) is 6.58 Å². The lowest BCUT2D eigenvalue weighted by molar-refractivity contribution is 0.301. The van der Waals surface area contributed by atoms with Crippen LogP contribution in [-0.2, 0) is 9.05 Å². The number of rotatable bonds is 3. The Balaban J connectivity index is 4.08. The third-order valence-corrected chi connectivity index (χ3v) is 2.28. The molecule has 0 saturated heterocycles. The van der Waals surface area contributed by atoms with Gasteiger partial charge in [-0.05, 0) is 0 Å². The van der Waals surface area contributed by atoms with Crippen molar-refractivity contribution in [3.63, 3.8) is 0 Å². The first-order valence-corrected chi connectivity index (χ1v) is 4.52. The van der Waals surface area contributed by atoms with Crippen molar-refractivity contribution >= 4 is 19.7 Å². The van der Waals surface area contributed by atoms with Crippen LogP contribution in [0.3, 0.4) is 0 Å². The van der Waals surface area contributed by atoms with Crippen LogP contribution in [0.5, 0.6) is 0 Å². The SMILES string of the molecule is C=C(CCO)S(=O)(=O)Cl. The Hall–Kier alpha value is -0.0600. The second-order valence-corrected chi connectivity index (χ2v) is 4.12. The van der Waals surface area contributed by atoms with Crippen LogP contribution < -0.4 is 0 Å². The van der Waals surface area contributed by atoms with E-state index in [4.69, 9.17) is 15.8 Å². The van der Waals surface area contributed by atoms with Crippen LogP contribution in [0.15, 0.2) is 11.5 Å². The summed E-state index contributed by atoms with van der Waals surface area (Å²) in [4.78, 5) is -0.147. The Bertz CT molecular complexity index is 194. The van der Waals surface area contributed by atoms with Crippen molar-refractivity contribution in [2.45, 2.75) is 6.42 Å². The van der Waals surface area contributed by atoms with Gasteiger partial charge in [0.05, 0.1) is 4.91 Å². The molecule has 5 heteroatoms. The normalized spacial score (nSPS) is 11.3. The van der Waals surface area contributed by atoms with Crippen molar-refractivity contribution in [1.29, 1.82) is 0 Å². The molecule has 1 N–H and O–H groups in total. The number of halogens is 1. The molecule has 0 heterocycles. The first kappa shape index (κ1) is 8.94. The molecule has 0 aliphatic rings. The Morgan fingerprint density at radius 1 is 1.67 bits per heavy atom. The van der Waals surface area contributed by atoms with E-state index in [2.05, 4.69) is 6.58 Å². The van der Waals surface area contributed by atoms with E-state index in [9.17, 15) is 8.42 Å². The molecule has 0 aliphatic carbocycles. The first-order chi connectivity index (χ1) is 3.98. The highest BCUT2D eigenvalue weighted by Gasteiger charge is 2.08. The molecule has 0 rings (SSSR count). The maximum absolute atomic E-state index is 10.3. The van der Waals surface area contributed by atoms with Gasteiger partial charge in [0.2, 0.25) is 0 Å². The fourth-order valence-electron chi connectivity index (χ4n) is 0.247. The van der Waals surface area contributed by atoms with Crippen LogP contribution in [0.1, 0.15) is 6.42 Å². The fraction of sp³-hybridized carbons (Fsp3) is 0.500. The van der Waals surface area contributed by atoms with Crippen LogP contribution in [-0.4, -0.2) is 20.1 Å². The van der Waals surface area contributed by atoms with Gasteiger partial charge in [-0.3, -0.25) is 0 Å². The molecule has 0 unspecified atom stereocenters. The molecule has 0 aromatic heterocycles. The summed E-state index contributed by atoms with van der Waals surface area (Å²) >= 11 is 0. The predicted molar refractivity (Wildman–Crippen MR) is 35.6 cm³/mol. The summed E-state index contributed by atoms with van der Waals surface area (Å²) in [6.07, 6.45) is 0.00579. The molecular formula is C4H7ClO3S. The Morgan fingerprint density at radius 2 is 2.11 bits per heavy atom. The topological polar surface area (TPSA) is 54.4 Å². The van der Waals surface area contributed by atoms with E-state index in [0.717, 1.165) is 0 Å². The van der Waals surface area contributed by atoms with Gasteiger partial charge < -0.3 is 5.11 Å². The molecule has 0 bridgehead atoms. The third-order valence-electron chi connectivity index (χ3n) is 0.735. The highest BCUT2D eigenvalue weighted by molar-refractivity contribution is 8.16. The van der Waals surface area contributed by atoms with Crippen LogP contribution in [0.2, 0.25) is 0 Å². The van der Waals surface area contributed by atoms with Crippen molar-refractivity contribution in [3.05, 3.63) is 11.5 Å². The standard InChI is InChI=1S/C4H7ClO3S/c1-4(2-3-6)9(5,7)8/h6H,1-3H2. The first-order valence-electron chi connectivity index (χ1n) is 2.22. The second kappa shape index (κ2) is 3.20. The monoisotopic (exact) mass is 170 g/mol. The van der Waals surface area contributed by atoms with Crippen molar-refractivity contribution in [1.82, 2.24) is 0 Å². The smallest absolute Gasteiger partial charge is 0.256 e. The van der Waals surface area contributed by atoms with E-state index in [0.29, 0.717) is 0 Å². The minimum Gasteiger partial charge on any atom is -0.396 e. The lowest BCUT2D eigenvalue weighted by Crippen LogP contribution is -1.95. The van der Waals surface area contributed by atoms with E-state index < -0.39 is 9.05 Å². The molecule has 0 aliphatic heterocycles. The molecular weight excluding hydrogens is 164 g/mol. The zero-order valence-electron chi connectivity index (χ0n) is 4.67. The van der Waals surface area contributed by atoms with E-state index in [1.165, 1.54) is 0 Å². The molecule has 3 nitrogen and oxygen atoms in total. The zero-order chi connectivity index (χ0) is 7.49. The quantitative estimate of drug-likeness (QED) is 0.626. The lowest BCUT2D eigenvalue weighted by Gasteiger charge is -1.94. The predicted octanol–water partition coefficient (Wildman–Crippen LogP) is 0.451. The molecule has 0 amide bonds. The average Bonchev–Trinajstić information content (AvgIpc) is 1.64. The minimum atomic E-state index is -3.65. The summed E-state index contributed by atoms with van der Waals surface area (Å²) in [5, 5.41) is 8.22. The molecule has 0 radical (unpaired) electrons. The van der Waals surface area contributed by atoms with Crippen molar-refractivity contribution in [2.75, 3.05) is 6.61 Å². The van der Waals surface area contributed by atoms with Gasteiger partial charge in [0.15, 0.2) is 0 Å². The van der Waals surface area contributed by atoms with Crippen LogP contribution in [0.4, 0.5) is 0 Å². The van der Waals surface area contributed by atoms with E-state index in [-0.39, 0.29) is 17.9 Å². The van der Waals surface area contributed by atoms with Gasteiger partial charge in [-0.15, -0.1) is 0 Å². The van der Waals surface area contributed by atoms with Gasteiger partial charge in [0.25, 0.3) is 9.05 Å². The van der Waals surface area contributed by atoms with Crippen molar-refractivity contribution in [2.24, 2.45) is 0 Å².